The van der Waals surface area contributed by atoms with Gasteiger partial charge in [-0.15, -0.1) is 0 Å². The van der Waals surface area contributed by atoms with E-state index >= 15 is 0 Å². The van der Waals surface area contributed by atoms with Crippen LogP contribution in [-0.4, -0.2) is 38.8 Å². The SMILES string of the molecule is CN=C(NCC1(c2ccc(Br)cc2)CCOCC1)NC1CC1C. The van der Waals surface area contributed by atoms with E-state index in [2.05, 4.69) is 62.7 Å². The molecular formula is C18H26BrN3O. The molecule has 0 bridgehead atoms. The lowest BCUT2D eigenvalue weighted by Gasteiger charge is -2.38. The van der Waals surface area contributed by atoms with Crippen molar-refractivity contribution in [2.45, 2.75) is 37.6 Å². The molecule has 2 atom stereocenters. The number of guanidine groups is 1. The van der Waals surface area contributed by atoms with Gasteiger partial charge in [0, 0.05) is 42.7 Å². The summed E-state index contributed by atoms with van der Waals surface area (Å²) in [6.45, 7) is 4.80. The van der Waals surface area contributed by atoms with Crippen LogP contribution in [0.3, 0.4) is 0 Å². The highest BCUT2D eigenvalue weighted by molar-refractivity contribution is 9.10. The van der Waals surface area contributed by atoms with Crippen LogP contribution in [0.1, 0.15) is 31.7 Å². The third-order valence-electron chi connectivity index (χ3n) is 5.16. The number of aliphatic imine (C=N–C) groups is 1. The quantitative estimate of drug-likeness (QED) is 0.624. The van der Waals surface area contributed by atoms with Crippen LogP contribution in [0.5, 0.6) is 0 Å². The van der Waals surface area contributed by atoms with Crippen molar-refractivity contribution >= 4 is 21.9 Å². The standard InChI is InChI=1S/C18H26BrN3O/c1-13-11-16(13)22-17(20-2)21-12-18(7-9-23-10-8-18)14-3-5-15(19)6-4-14/h3-6,13,16H,7-12H2,1-2H3,(H2,20,21,22). The molecule has 0 aromatic heterocycles. The molecule has 5 heteroatoms. The maximum Gasteiger partial charge on any atom is 0.191 e. The molecule has 1 aliphatic carbocycles. The van der Waals surface area contributed by atoms with Crippen LogP contribution in [0.2, 0.25) is 0 Å². The molecular weight excluding hydrogens is 354 g/mol. The average Bonchev–Trinajstić information content (AvgIpc) is 3.28. The number of ether oxygens (including phenoxy) is 1. The lowest BCUT2D eigenvalue weighted by atomic mass is 9.74. The molecule has 2 N–H and O–H groups in total. The van der Waals surface area contributed by atoms with E-state index in [-0.39, 0.29) is 5.41 Å². The molecule has 1 aromatic carbocycles. The fraction of sp³-hybridized carbons (Fsp3) is 0.611. The van der Waals surface area contributed by atoms with Crippen LogP contribution in [0.25, 0.3) is 0 Å². The van der Waals surface area contributed by atoms with E-state index in [0.717, 1.165) is 49.0 Å². The summed E-state index contributed by atoms with van der Waals surface area (Å²) >= 11 is 3.53. The van der Waals surface area contributed by atoms with E-state index in [1.165, 1.54) is 12.0 Å². The molecule has 1 aliphatic heterocycles. The van der Waals surface area contributed by atoms with Crippen molar-refractivity contribution in [3.8, 4) is 0 Å². The Labute approximate surface area is 147 Å². The zero-order valence-electron chi connectivity index (χ0n) is 13.9. The predicted octanol–water partition coefficient (Wildman–Crippen LogP) is 3.07. The number of nitrogens with zero attached hydrogens (tertiary/aromatic N) is 1. The fourth-order valence-electron chi connectivity index (χ4n) is 3.28. The normalized spacial score (nSPS) is 26.7. The van der Waals surface area contributed by atoms with E-state index in [0.29, 0.717) is 6.04 Å². The van der Waals surface area contributed by atoms with Crippen molar-refractivity contribution in [1.29, 1.82) is 0 Å². The Hall–Kier alpha value is -1.07. The van der Waals surface area contributed by atoms with Crippen molar-refractivity contribution in [3.05, 3.63) is 34.3 Å². The molecule has 2 unspecified atom stereocenters. The maximum atomic E-state index is 5.61. The molecule has 2 fully saturated rings. The first-order valence-electron chi connectivity index (χ1n) is 8.44. The van der Waals surface area contributed by atoms with Gasteiger partial charge < -0.3 is 15.4 Å². The fourth-order valence-corrected chi connectivity index (χ4v) is 3.54. The van der Waals surface area contributed by atoms with Gasteiger partial charge in [0.05, 0.1) is 0 Å². The smallest absolute Gasteiger partial charge is 0.191 e. The van der Waals surface area contributed by atoms with Crippen LogP contribution in [0, 0.1) is 5.92 Å². The van der Waals surface area contributed by atoms with Crippen LogP contribution < -0.4 is 10.6 Å². The molecule has 1 saturated carbocycles. The summed E-state index contributed by atoms with van der Waals surface area (Å²) in [4.78, 5) is 4.38. The van der Waals surface area contributed by atoms with Crippen molar-refractivity contribution < 1.29 is 4.74 Å². The summed E-state index contributed by atoms with van der Waals surface area (Å²) in [6.07, 6.45) is 3.32. The lowest BCUT2D eigenvalue weighted by molar-refractivity contribution is 0.0514. The van der Waals surface area contributed by atoms with Crippen LogP contribution in [0.4, 0.5) is 0 Å². The molecule has 23 heavy (non-hydrogen) atoms. The number of halogens is 1. The predicted molar refractivity (Wildman–Crippen MR) is 97.9 cm³/mol. The third-order valence-corrected chi connectivity index (χ3v) is 5.68. The highest BCUT2D eigenvalue weighted by Crippen LogP contribution is 2.35. The first-order chi connectivity index (χ1) is 11.1. The minimum absolute atomic E-state index is 0.117. The zero-order chi connectivity index (χ0) is 16.3. The molecule has 1 aromatic rings. The van der Waals surface area contributed by atoms with Gasteiger partial charge in [-0.3, -0.25) is 4.99 Å². The van der Waals surface area contributed by atoms with E-state index < -0.39 is 0 Å². The molecule has 0 radical (unpaired) electrons. The van der Waals surface area contributed by atoms with Gasteiger partial charge in [-0.1, -0.05) is 35.0 Å². The number of hydrogen-bond donors (Lipinski definition) is 2. The van der Waals surface area contributed by atoms with E-state index in [1.807, 2.05) is 7.05 Å². The van der Waals surface area contributed by atoms with Gasteiger partial charge in [0.25, 0.3) is 0 Å². The van der Waals surface area contributed by atoms with Gasteiger partial charge >= 0.3 is 0 Å². The van der Waals surface area contributed by atoms with Gasteiger partial charge in [-0.25, -0.2) is 0 Å². The molecule has 0 spiro atoms. The molecule has 1 saturated heterocycles. The first-order valence-corrected chi connectivity index (χ1v) is 9.23. The highest BCUT2D eigenvalue weighted by atomic mass is 79.9. The van der Waals surface area contributed by atoms with Gasteiger partial charge in [0.15, 0.2) is 5.96 Å². The largest absolute Gasteiger partial charge is 0.381 e. The number of hydrogen-bond acceptors (Lipinski definition) is 2. The van der Waals surface area contributed by atoms with E-state index in [9.17, 15) is 0 Å². The summed E-state index contributed by atoms with van der Waals surface area (Å²) in [7, 11) is 1.85. The Balaban J connectivity index is 1.70. The molecule has 0 amide bonds. The summed E-state index contributed by atoms with van der Waals surface area (Å²) in [5.41, 5.74) is 1.50. The second kappa shape index (κ2) is 7.22. The first kappa shape index (κ1) is 16.8. The van der Waals surface area contributed by atoms with Gasteiger partial charge in [0.1, 0.15) is 0 Å². The van der Waals surface area contributed by atoms with Gasteiger partial charge in [-0.2, -0.15) is 0 Å². The summed E-state index contributed by atoms with van der Waals surface area (Å²) < 4.78 is 6.73. The highest BCUT2D eigenvalue weighted by Gasteiger charge is 2.36. The summed E-state index contributed by atoms with van der Waals surface area (Å²) in [6, 6.07) is 9.31. The van der Waals surface area contributed by atoms with Crippen LogP contribution in [0.15, 0.2) is 33.7 Å². The molecule has 3 rings (SSSR count). The van der Waals surface area contributed by atoms with Crippen LogP contribution in [-0.2, 0) is 10.2 Å². The van der Waals surface area contributed by atoms with Crippen LogP contribution >= 0.6 is 15.9 Å². The Bertz CT molecular complexity index is 552. The Morgan fingerprint density at radius 1 is 1.30 bits per heavy atom. The topological polar surface area (TPSA) is 45.7 Å². The van der Waals surface area contributed by atoms with E-state index in [1.54, 1.807) is 0 Å². The molecule has 2 aliphatic rings. The van der Waals surface area contributed by atoms with Gasteiger partial charge in [-0.05, 0) is 42.9 Å². The number of nitrogens with one attached hydrogen (secondary N) is 2. The summed E-state index contributed by atoms with van der Waals surface area (Å²) in [5, 5.41) is 7.06. The van der Waals surface area contributed by atoms with Crippen molar-refractivity contribution in [3.63, 3.8) is 0 Å². The van der Waals surface area contributed by atoms with Crippen molar-refractivity contribution in [2.24, 2.45) is 10.9 Å². The Morgan fingerprint density at radius 2 is 1.96 bits per heavy atom. The van der Waals surface area contributed by atoms with Crippen molar-refractivity contribution in [1.82, 2.24) is 10.6 Å². The lowest BCUT2D eigenvalue weighted by Crippen LogP contribution is -2.48. The number of rotatable bonds is 4. The van der Waals surface area contributed by atoms with Crippen molar-refractivity contribution in [2.75, 3.05) is 26.8 Å². The minimum atomic E-state index is 0.117. The monoisotopic (exact) mass is 379 g/mol. The van der Waals surface area contributed by atoms with Gasteiger partial charge in [0.2, 0.25) is 0 Å². The molecule has 4 nitrogen and oxygen atoms in total. The molecule has 126 valence electrons. The summed E-state index contributed by atoms with van der Waals surface area (Å²) in [5.74, 6) is 1.68. The van der Waals surface area contributed by atoms with E-state index in [4.69, 9.17) is 4.74 Å². The Morgan fingerprint density at radius 3 is 2.52 bits per heavy atom. The number of benzene rings is 1. The molecule has 1 heterocycles. The second-order valence-corrected chi connectivity index (χ2v) is 7.70. The zero-order valence-corrected chi connectivity index (χ0v) is 15.5. The second-order valence-electron chi connectivity index (χ2n) is 6.79. The third kappa shape index (κ3) is 4.07. The minimum Gasteiger partial charge on any atom is -0.381 e. The maximum absolute atomic E-state index is 5.61. The Kier molecular flexibility index (Phi) is 5.27. The average molecular weight is 380 g/mol.